The van der Waals surface area contributed by atoms with E-state index in [2.05, 4.69) is 26.0 Å². The Labute approximate surface area is 167 Å². The molecular formula is C20H17ClN6O. The average Bonchev–Trinajstić information content (AvgIpc) is 2.76. The maximum Gasteiger partial charge on any atom is 0.292 e. The van der Waals surface area contributed by atoms with E-state index in [9.17, 15) is 4.79 Å². The highest BCUT2D eigenvalue weighted by atomic mass is 35.5. The molecule has 28 heavy (non-hydrogen) atoms. The molecule has 2 aromatic heterocycles. The Morgan fingerprint density at radius 1 is 1.04 bits per heavy atom. The van der Waals surface area contributed by atoms with Gasteiger partial charge in [0, 0.05) is 32.4 Å². The highest BCUT2D eigenvalue weighted by Gasteiger charge is 2.22. The topological polar surface area (TPSA) is 78.1 Å². The van der Waals surface area contributed by atoms with Gasteiger partial charge in [0.25, 0.3) is 5.56 Å². The van der Waals surface area contributed by atoms with Crippen LogP contribution in [0.25, 0.3) is 5.69 Å². The van der Waals surface area contributed by atoms with Crippen molar-refractivity contribution in [3.05, 3.63) is 75.8 Å². The molecular weight excluding hydrogens is 376 g/mol. The summed E-state index contributed by atoms with van der Waals surface area (Å²) in [7, 11) is 0. The molecule has 3 heterocycles. The first-order valence-corrected chi connectivity index (χ1v) is 9.24. The molecule has 0 amide bonds. The Bertz CT molecular complexity index is 1080. The third-order valence-corrected chi connectivity index (χ3v) is 5.08. The van der Waals surface area contributed by atoms with Crippen molar-refractivity contribution in [2.75, 3.05) is 36.0 Å². The van der Waals surface area contributed by atoms with Gasteiger partial charge in [-0.2, -0.15) is 15.0 Å². The molecule has 7 nitrogen and oxygen atoms in total. The fourth-order valence-electron chi connectivity index (χ4n) is 3.23. The number of pyridine rings is 1. The number of piperazine rings is 1. The van der Waals surface area contributed by atoms with Gasteiger partial charge in [-0.1, -0.05) is 29.8 Å². The third kappa shape index (κ3) is 3.42. The average molecular weight is 393 g/mol. The second-order valence-electron chi connectivity index (χ2n) is 6.38. The van der Waals surface area contributed by atoms with Crippen molar-refractivity contribution in [2.24, 2.45) is 0 Å². The van der Waals surface area contributed by atoms with Crippen molar-refractivity contribution >= 4 is 23.1 Å². The zero-order valence-electron chi connectivity index (χ0n) is 15.0. The molecule has 4 rings (SSSR count). The van der Waals surface area contributed by atoms with Crippen LogP contribution in [0.1, 0.15) is 5.56 Å². The van der Waals surface area contributed by atoms with Crippen LogP contribution in [-0.2, 0) is 0 Å². The van der Waals surface area contributed by atoms with Crippen molar-refractivity contribution in [3.63, 3.8) is 0 Å². The Kier molecular flexibility index (Phi) is 4.96. The number of halogens is 1. The predicted octanol–water partition coefficient (Wildman–Crippen LogP) is 2.48. The van der Waals surface area contributed by atoms with E-state index in [1.54, 1.807) is 24.5 Å². The minimum atomic E-state index is -0.337. The maximum atomic E-state index is 12.7. The number of para-hydroxylation sites is 1. The van der Waals surface area contributed by atoms with E-state index < -0.39 is 0 Å². The summed E-state index contributed by atoms with van der Waals surface area (Å²) in [5.41, 5.74) is 1.56. The van der Waals surface area contributed by atoms with Gasteiger partial charge in [0.15, 0.2) is 0 Å². The molecule has 0 unspecified atom stereocenters. The first kappa shape index (κ1) is 18.0. The van der Waals surface area contributed by atoms with Gasteiger partial charge in [0.05, 0.1) is 29.2 Å². The minimum Gasteiger partial charge on any atom is -0.365 e. The lowest BCUT2D eigenvalue weighted by Gasteiger charge is -2.36. The van der Waals surface area contributed by atoms with Crippen molar-refractivity contribution in [2.45, 2.75) is 0 Å². The van der Waals surface area contributed by atoms with Gasteiger partial charge in [-0.25, -0.2) is 4.98 Å². The van der Waals surface area contributed by atoms with Gasteiger partial charge in [-0.15, -0.1) is 0 Å². The molecule has 1 aromatic carbocycles. The lowest BCUT2D eigenvalue weighted by molar-refractivity contribution is 0.643. The molecule has 140 valence electrons. The SMILES string of the molecule is N#Cc1ccnc(N2CCN(c3cnn(-c4ccccc4)c(=O)c3Cl)CC2)c1. The summed E-state index contributed by atoms with van der Waals surface area (Å²) in [6, 6.07) is 14.8. The lowest BCUT2D eigenvalue weighted by atomic mass is 10.2. The van der Waals surface area contributed by atoms with Gasteiger partial charge < -0.3 is 9.80 Å². The van der Waals surface area contributed by atoms with Crippen molar-refractivity contribution in [3.8, 4) is 11.8 Å². The van der Waals surface area contributed by atoms with Crippen molar-refractivity contribution in [1.29, 1.82) is 5.26 Å². The van der Waals surface area contributed by atoms with E-state index in [0.717, 1.165) is 5.82 Å². The van der Waals surface area contributed by atoms with Gasteiger partial charge in [0.1, 0.15) is 10.8 Å². The normalized spacial score (nSPS) is 14.0. The summed E-state index contributed by atoms with van der Waals surface area (Å²) in [4.78, 5) is 21.2. The van der Waals surface area contributed by atoms with E-state index in [1.165, 1.54) is 4.68 Å². The number of hydrogen-bond acceptors (Lipinski definition) is 6. The summed E-state index contributed by atoms with van der Waals surface area (Å²) >= 11 is 6.40. The molecule has 0 saturated carbocycles. The largest absolute Gasteiger partial charge is 0.365 e. The smallest absolute Gasteiger partial charge is 0.292 e. The molecule has 3 aromatic rings. The van der Waals surface area contributed by atoms with Crippen LogP contribution in [0.15, 0.2) is 59.7 Å². The van der Waals surface area contributed by atoms with Crippen LogP contribution >= 0.6 is 11.6 Å². The Morgan fingerprint density at radius 3 is 2.46 bits per heavy atom. The maximum absolute atomic E-state index is 12.7. The number of aromatic nitrogens is 3. The van der Waals surface area contributed by atoms with Crippen LogP contribution in [0, 0.1) is 11.3 Å². The lowest BCUT2D eigenvalue weighted by Crippen LogP contribution is -2.47. The molecule has 0 radical (unpaired) electrons. The molecule has 1 saturated heterocycles. The summed E-state index contributed by atoms with van der Waals surface area (Å²) in [6.07, 6.45) is 3.28. The van der Waals surface area contributed by atoms with Crippen molar-refractivity contribution in [1.82, 2.24) is 14.8 Å². The highest BCUT2D eigenvalue weighted by molar-refractivity contribution is 6.33. The van der Waals surface area contributed by atoms with Crippen LogP contribution in [0.2, 0.25) is 5.02 Å². The number of rotatable bonds is 3. The second kappa shape index (κ2) is 7.71. The zero-order chi connectivity index (χ0) is 19.5. The first-order valence-electron chi connectivity index (χ1n) is 8.86. The predicted molar refractivity (Wildman–Crippen MR) is 108 cm³/mol. The molecule has 0 spiro atoms. The number of anilines is 2. The van der Waals surface area contributed by atoms with Crippen LogP contribution in [0.3, 0.4) is 0 Å². The Morgan fingerprint density at radius 2 is 1.75 bits per heavy atom. The Hall–Kier alpha value is -3.37. The monoisotopic (exact) mass is 392 g/mol. The van der Waals surface area contributed by atoms with Crippen LogP contribution < -0.4 is 15.4 Å². The third-order valence-electron chi connectivity index (χ3n) is 4.72. The molecule has 0 aliphatic carbocycles. The number of nitrogens with zero attached hydrogens (tertiary/aromatic N) is 6. The van der Waals surface area contributed by atoms with Crippen molar-refractivity contribution < 1.29 is 0 Å². The molecule has 0 bridgehead atoms. The van der Waals surface area contributed by atoms with Crippen LogP contribution in [0.4, 0.5) is 11.5 Å². The molecule has 1 aliphatic heterocycles. The van der Waals surface area contributed by atoms with Gasteiger partial charge in [0.2, 0.25) is 0 Å². The van der Waals surface area contributed by atoms with Crippen LogP contribution in [-0.4, -0.2) is 40.9 Å². The van der Waals surface area contributed by atoms with Gasteiger partial charge in [-0.05, 0) is 24.3 Å². The van der Waals surface area contributed by atoms with Gasteiger partial charge in [-0.3, -0.25) is 4.79 Å². The van der Waals surface area contributed by atoms with Gasteiger partial charge >= 0.3 is 0 Å². The molecule has 8 heteroatoms. The minimum absolute atomic E-state index is 0.164. The highest BCUT2D eigenvalue weighted by Crippen LogP contribution is 2.24. The fraction of sp³-hybridized carbons (Fsp3) is 0.200. The standard InChI is InChI=1S/C20H17ClN6O/c21-19-17(14-24-27(20(19)28)16-4-2-1-3-5-16)25-8-10-26(11-9-25)18-12-15(13-22)6-7-23-18/h1-7,12,14H,8-11H2. The van der Waals surface area contributed by atoms with E-state index in [1.807, 2.05) is 30.3 Å². The zero-order valence-corrected chi connectivity index (χ0v) is 15.8. The molecule has 0 atom stereocenters. The fourth-order valence-corrected chi connectivity index (χ4v) is 3.48. The summed E-state index contributed by atoms with van der Waals surface area (Å²) in [5, 5.41) is 13.5. The Balaban J connectivity index is 1.53. The number of nitriles is 1. The van der Waals surface area contributed by atoms with Crippen LogP contribution in [0.5, 0.6) is 0 Å². The molecule has 0 N–H and O–H groups in total. The summed E-state index contributed by atoms with van der Waals surface area (Å²) < 4.78 is 1.30. The molecule has 1 fully saturated rings. The van der Waals surface area contributed by atoms with E-state index in [0.29, 0.717) is 43.1 Å². The first-order chi connectivity index (χ1) is 13.7. The van der Waals surface area contributed by atoms with E-state index in [4.69, 9.17) is 16.9 Å². The quantitative estimate of drug-likeness (QED) is 0.681. The number of hydrogen-bond donors (Lipinski definition) is 0. The van der Waals surface area contributed by atoms with E-state index >= 15 is 0 Å². The summed E-state index contributed by atoms with van der Waals surface area (Å²) in [6.45, 7) is 2.77. The molecule has 1 aliphatic rings. The summed E-state index contributed by atoms with van der Waals surface area (Å²) in [5.74, 6) is 0.780. The number of benzene rings is 1. The van der Waals surface area contributed by atoms with E-state index in [-0.39, 0.29) is 10.6 Å². The second-order valence-corrected chi connectivity index (χ2v) is 6.76.